The number of aromatic nitrogens is 3. The predicted molar refractivity (Wildman–Crippen MR) is 86.2 cm³/mol. The van der Waals surface area contributed by atoms with Crippen LogP contribution in [-0.2, 0) is 16.6 Å². The van der Waals surface area contributed by atoms with Gasteiger partial charge in [0.05, 0.1) is 12.0 Å². The zero-order chi connectivity index (χ0) is 17.3. The van der Waals surface area contributed by atoms with E-state index in [9.17, 15) is 9.59 Å². The summed E-state index contributed by atoms with van der Waals surface area (Å²) in [4.78, 5) is 33.4. The maximum Gasteiger partial charge on any atom is 0.313 e. The molecule has 3 heterocycles. The fourth-order valence-electron chi connectivity index (χ4n) is 4.06. The average Bonchev–Trinajstić information content (AvgIpc) is 3.05. The smallest absolute Gasteiger partial charge is 0.313 e. The summed E-state index contributed by atoms with van der Waals surface area (Å²) in [6.07, 6.45) is 3.05. The molecule has 2 fully saturated rings. The minimum absolute atomic E-state index is 0.0803. The van der Waals surface area contributed by atoms with Gasteiger partial charge >= 0.3 is 5.97 Å². The number of hydrogen-bond donors (Lipinski definition) is 0. The number of aryl methyl sites for hydroxylation is 1. The lowest BCUT2D eigenvalue weighted by Crippen LogP contribution is -2.43. The van der Waals surface area contributed by atoms with Gasteiger partial charge < -0.3 is 14.5 Å². The van der Waals surface area contributed by atoms with Crippen molar-refractivity contribution in [1.29, 1.82) is 0 Å². The molecule has 0 spiro atoms. The first kappa shape index (κ1) is 16.9. The number of carbonyl (C=O) groups is 2. The Hall–Kier alpha value is -1.96. The molecule has 8 nitrogen and oxygen atoms in total. The van der Waals surface area contributed by atoms with E-state index in [1.807, 2.05) is 14.0 Å². The zero-order valence-corrected chi connectivity index (χ0v) is 14.6. The normalized spacial score (nSPS) is 27.6. The predicted octanol–water partition coefficient (Wildman–Crippen LogP) is 0.162. The number of likely N-dealkylation sites (tertiary alicyclic amines) is 2. The lowest BCUT2D eigenvalue weighted by atomic mass is 9.75. The summed E-state index contributed by atoms with van der Waals surface area (Å²) < 4.78 is 6.90. The van der Waals surface area contributed by atoms with E-state index >= 15 is 0 Å². The van der Waals surface area contributed by atoms with Crippen molar-refractivity contribution in [3.8, 4) is 0 Å². The molecule has 0 N–H and O–H groups in total. The number of hydrogen-bond acceptors (Lipinski definition) is 6. The van der Waals surface area contributed by atoms with Gasteiger partial charge in [0.15, 0.2) is 0 Å². The average molecular weight is 335 g/mol. The van der Waals surface area contributed by atoms with Crippen molar-refractivity contribution in [1.82, 2.24) is 24.6 Å². The number of ether oxygens (including phenoxy) is 1. The lowest BCUT2D eigenvalue weighted by Gasteiger charge is -2.31. The van der Waals surface area contributed by atoms with Crippen LogP contribution < -0.4 is 0 Å². The molecular weight excluding hydrogens is 310 g/mol. The van der Waals surface area contributed by atoms with E-state index < -0.39 is 5.41 Å². The molecule has 0 aromatic carbocycles. The molecule has 2 aliphatic rings. The first-order valence-corrected chi connectivity index (χ1v) is 8.47. The van der Waals surface area contributed by atoms with E-state index in [2.05, 4.69) is 15.0 Å². The van der Waals surface area contributed by atoms with E-state index in [1.165, 1.54) is 11.0 Å². The Morgan fingerprint density at radius 3 is 2.83 bits per heavy atom. The van der Waals surface area contributed by atoms with Crippen LogP contribution in [0.5, 0.6) is 0 Å². The molecule has 2 saturated heterocycles. The maximum absolute atomic E-state index is 12.7. The van der Waals surface area contributed by atoms with E-state index in [1.54, 1.807) is 11.9 Å². The highest BCUT2D eigenvalue weighted by Crippen LogP contribution is 2.43. The van der Waals surface area contributed by atoms with E-state index in [4.69, 9.17) is 4.74 Å². The van der Waals surface area contributed by atoms with E-state index in [0.29, 0.717) is 26.2 Å². The number of fused-ring (bicyclic) bond motifs is 1. The molecule has 3 rings (SSSR count). The first-order chi connectivity index (χ1) is 11.5. The highest BCUT2D eigenvalue weighted by molar-refractivity contribution is 5.90. The van der Waals surface area contributed by atoms with Crippen LogP contribution in [0.1, 0.15) is 30.4 Å². The Balaban J connectivity index is 1.82. The SMILES string of the molecule is CCOC(=O)[C@]12CCCN(C(=O)c3ncn(C)n3)C[C@H]1CN(C)C2. The molecule has 2 aliphatic heterocycles. The minimum atomic E-state index is -0.503. The van der Waals surface area contributed by atoms with Gasteiger partial charge in [0.25, 0.3) is 5.91 Å². The second-order valence-electron chi connectivity index (χ2n) is 6.87. The Morgan fingerprint density at radius 2 is 2.17 bits per heavy atom. The molecule has 8 heteroatoms. The molecule has 0 aliphatic carbocycles. The van der Waals surface area contributed by atoms with Crippen molar-refractivity contribution < 1.29 is 14.3 Å². The topological polar surface area (TPSA) is 80.6 Å². The molecule has 0 saturated carbocycles. The van der Waals surface area contributed by atoms with Gasteiger partial charge in [0.1, 0.15) is 6.33 Å². The van der Waals surface area contributed by atoms with Gasteiger partial charge in [-0.2, -0.15) is 0 Å². The third kappa shape index (κ3) is 2.90. The molecule has 2 atom stereocenters. The summed E-state index contributed by atoms with van der Waals surface area (Å²) in [5, 5.41) is 4.11. The van der Waals surface area contributed by atoms with E-state index in [-0.39, 0.29) is 23.6 Å². The minimum Gasteiger partial charge on any atom is -0.466 e. The fraction of sp³-hybridized carbons (Fsp3) is 0.750. The molecule has 0 bridgehead atoms. The van der Waals surface area contributed by atoms with Crippen molar-refractivity contribution in [3.05, 3.63) is 12.2 Å². The summed E-state index contributed by atoms with van der Waals surface area (Å²) >= 11 is 0. The van der Waals surface area contributed by atoms with Crippen LogP contribution in [0.25, 0.3) is 0 Å². The molecule has 1 aromatic rings. The summed E-state index contributed by atoms with van der Waals surface area (Å²) in [5.74, 6) is 0.0126. The lowest BCUT2D eigenvalue weighted by molar-refractivity contribution is -0.157. The van der Waals surface area contributed by atoms with Gasteiger partial charge in [0, 0.05) is 39.1 Å². The molecule has 132 valence electrons. The van der Waals surface area contributed by atoms with Crippen LogP contribution in [0.3, 0.4) is 0 Å². The second kappa shape index (κ2) is 6.51. The van der Waals surface area contributed by atoms with Crippen LogP contribution in [0.15, 0.2) is 6.33 Å². The number of esters is 1. The molecular formula is C16H25N5O3. The van der Waals surface area contributed by atoms with Crippen LogP contribution in [0, 0.1) is 11.3 Å². The van der Waals surface area contributed by atoms with Gasteiger partial charge in [-0.15, -0.1) is 5.10 Å². The van der Waals surface area contributed by atoms with Crippen molar-refractivity contribution >= 4 is 11.9 Å². The monoisotopic (exact) mass is 335 g/mol. The summed E-state index contributed by atoms with van der Waals surface area (Å²) in [6, 6.07) is 0. The Bertz CT molecular complexity index is 631. The summed E-state index contributed by atoms with van der Waals surface area (Å²) in [6.45, 7) is 4.87. The number of amides is 1. The summed E-state index contributed by atoms with van der Waals surface area (Å²) in [7, 11) is 3.76. The van der Waals surface area contributed by atoms with Crippen LogP contribution >= 0.6 is 0 Å². The first-order valence-electron chi connectivity index (χ1n) is 8.47. The van der Waals surface area contributed by atoms with Gasteiger partial charge in [-0.3, -0.25) is 14.3 Å². The molecule has 0 unspecified atom stereocenters. The molecule has 24 heavy (non-hydrogen) atoms. The van der Waals surface area contributed by atoms with Crippen molar-refractivity contribution in [2.24, 2.45) is 18.4 Å². The highest BCUT2D eigenvalue weighted by Gasteiger charge is 2.53. The van der Waals surface area contributed by atoms with Gasteiger partial charge in [-0.05, 0) is 26.8 Å². The van der Waals surface area contributed by atoms with Crippen molar-refractivity contribution in [2.75, 3.05) is 39.8 Å². The largest absolute Gasteiger partial charge is 0.466 e. The standard InChI is InChI=1S/C16H25N5O3/c1-4-24-15(23)16-6-5-7-21(9-12(16)8-19(2)10-16)14(22)13-17-11-20(3)18-13/h11-12H,4-10H2,1-3H3/t12-,16+/m1/s1. The van der Waals surface area contributed by atoms with Gasteiger partial charge in [0.2, 0.25) is 5.82 Å². The highest BCUT2D eigenvalue weighted by atomic mass is 16.5. The molecule has 1 aromatic heterocycles. The third-order valence-electron chi connectivity index (χ3n) is 5.12. The molecule has 0 radical (unpaired) electrons. The second-order valence-corrected chi connectivity index (χ2v) is 6.87. The van der Waals surface area contributed by atoms with Crippen LogP contribution in [0.2, 0.25) is 0 Å². The van der Waals surface area contributed by atoms with Crippen LogP contribution in [0.4, 0.5) is 0 Å². The van der Waals surface area contributed by atoms with E-state index in [0.717, 1.165) is 19.4 Å². The third-order valence-corrected chi connectivity index (χ3v) is 5.12. The Kier molecular flexibility index (Phi) is 4.58. The van der Waals surface area contributed by atoms with Crippen molar-refractivity contribution in [2.45, 2.75) is 19.8 Å². The zero-order valence-electron chi connectivity index (χ0n) is 14.6. The van der Waals surface area contributed by atoms with Gasteiger partial charge in [-0.1, -0.05) is 0 Å². The van der Waals surface area contributed by atoms with Crippen molar-refractivity contribution in [3.63, 3.8) is 0 Å². The number of nitrogens with zero attached hydrogens (tertiary/aromatic N) is 5. The molecule has 1 amide bonds. The maximum atomic E-state index is 12.7. The number of carbonyl (C=O) groups excluding carboxylic acids is 2. The quantitative estimate of drug-likeness (QED) is 0.732. The Morgan fingerprint density at radius 1 is 1.38 bits per heavy atom. The Labute approximate surface area is 141 Å². The summed E-state index contributed by atoms with van der Waals surface area (Å²) in [5.41, 5.74) is -0.503. The van der Waals surface area contributed by atoms with Crippen LogP contribution in [-0.4, -0.2) is 76.3 Å². The van der Waals surface area contributed by atoms with Gasteiger partial charge in [-0.25, -0.2) is 4.98 Å². The number of rotatable bonds is 3. The fourth-order valence-corrected chi connectivity index (χ4v) is 4.06.